The lowest BCUT2D eigenvalue weighted by atomic mass is 9.81. The highest BCUT2D eigenvalue weighted by Crippen LogP contribution is 2.49. The SMILES string of the molecule is CC1(C)c2ccccc2-c2ccc(-c3ccc4cccc(-c5nc(-c6ccc7ccc8ccccc8c7c6)nc(-c6ccc7ccc8ccccc8c7c6)n5)c4c3)cc21. The zero-order valence-corrected chi connectivity index (χ0v) is 32.7. The highest BCUT2D eigenvalue weighted by Gasteiger charge is 2.35. The van der Waals surface area contributed by atoms with Gasteiger partial charge in [-0.05, 0) is 112 Å². The van der Waals surface area contributed by atoms with Gasteiger partial charge >= 0.3 is 0 Å². The van der Waals surface area contributed by atoms with Crippen molar-refractivity contribution in [2.24, 2.45) is 0 Å². The van der Waals surface area contributed by atoms with Crippen molar-refractivity contribution in [1.29, 1.82) is 0 Å². The van der Waals surface area contributed by atoms with Crippen LogP contribution >= 0.6 is 0 Å². The molecule has 0 radical (unpaired) electrons. The largest absolute Gasteiger partial charge is 0.208 e. The van der Waals surface area contributed by atoms with Crippen LogP contribution in [-0.2, 0) is 5.41 Å². The molecule has 12 rings (SSSR count). The molecule has 276 valence electrons. The number of hydrogen-bond donors (Lipinski definition) is 0. The summed E-state index contributed by atoms with van der Waals surface area (Å²) < 4.78 is 0. The van der Waals surface area contributed by atoms with Crippen LogP contribution in [0.1, 0.15) is 25.0 Å². The van der Waals surface area contributed by atoms with Gasteiger partial charge in [0.1, 0.15) is 0 Å². The molecule has 11 aromatic rings. The minimum atomic E-state index is -0.0777. The number of nitrogens with zero attached hydrogens (tertiary/aromatic N) is 3. The molecule has 10 aromatic carbocycles. The predicted octanol–water partition coefficient (Wildman–Crippen LogP) is 14.6. The lowest BCUT2D eigenvalue weighted by Gasteiger charge is -2.22. The van der Waals surface area contributed by atoms with Gasteiger partial charge < -0.3 is 0 Å². The molecule has 0 amide bonds. The summed E-state index contributed by atoms with van der Waals surface area (Å²) in [4.78, 5) is 15.9. The minimum Gasteiger partial charge on any atom is -0.208 e. The van der Waals surface area contributed by atoms with Gasteiger partial charge in [-0.25, -0.2) is 15.0 Å². The molecule has 0 bridgehead atoms. The second-order valence-electron chi connectivity index (χ2n) is 16.4. The highest BCUT2D eigenvalue weighted by molar-refractivity contribution is 6.10. The van der Waals surface area contributed by atoms with Crippen molar-refractivity contribution < 1.29 is 0 Å². The summed E-state index contributed by atoms with van der Waals surface area (Å²) in [5.74, 6) is 1.94. The summed E-state index contributed by atoms with van der Waals surface area (Å²) in [6, 6.07) is 68.0. The van der Waals surface area contributed by atoms with Crippen molar-refractivity contribution >= 4 is 53.9 Å². The van der Waals surface area contributed by atoms with E-state index in [1.807, 2.05) is 0 Å². The summed E-state index contributed by atoms with van der Waals surface area (Å²) in [5, 5.41) is 11.8. The van der Waals surface area contributed by atoms with Crippen LogP contribution in [0.4, 0.5) is 0 Å². The van der Waals surface area contributed by atoms with Crippen molar-refractivity contribution in [3.63, 3.8) is 0 Å². The number of fused-ring (bicyclic) bond motifs is 10. The predicted molar refractivity (Wildman–Crippen MR) is 247 cm³/mol. The maximum atomic E-state index is 5.32. The second-order valence-corrected chi connectivity index (χ2v) is 16.4. The average molecular weight is 752 g/mol. The first-order chi connectivity index (χ1) is 29.0. The van der Waals surface area contributed by atoms with Crippen molar-refractivity contribution in [2.75, 3.05) is 0 Å². The molecule has 0 aliphatic heterocycles. The van der Waals surface area contributed by atoms with Crippen LogP contribution in [0.5, 0.6) is 0 Å². The van der Waals surface area contributed by atoms with E-state index in [0.29, 0.717) is 17.5 Å². The van der Waals surface area contributed by atoms with Crippen LogP contribution in [0, 0.1) is 0 Å². The van der Waals surface area contributed by atoms with Crippen LogP contribution in [0.25, 0.3) is 110 Å². The fraction of sp³-hybridized carbons (Fsp3) is 0.0536. The highest BCUT2D eigenvalue weighted by atomic mass is 15.0. The van der Waals surface area contributed by atoms with Gasteiger partial charge in [-0.15, -0.1) is 0 Å². The smallest absolute Gasteiger partial charge is 0.164 e. The molecule has 0 saturated carbocycles. The fourth-order valence-electron chi connectivity index (χ4n) is 9.57. The molecule has 1 aromatic heterocycles. The Bertz CT molecular complexity index is 3410. The van der Waals surface area contributed by atoms with E-state index in [4.69, 9.17) is 15.0 Å². The molecule has 0 fully saturated rings. The number of aromatic nitrogens is 3. The van der Waals surface area contributed by atoms with E-state index in [2.05, 4.69) is 202 Å². The van der Waals surface area contributed by atoms with Gasteiger partial charge in [-0.1, -0.05) is 178 Å². The zero-order valence-electron chi connectivity index (χ0n) is 32.7. The summed E-state index contributed by atoms with van der Waals surface area (Å²) >= 11 is 0. The normalized spacial score (nSPS) is 13.1. The quantitative estimate of drug-likeness (QED) is 0.168. The van der Waals surface area contributed by atoms with Crippen molar-refractivity contribution in [3.05, 3.63) is 199 Å². The van der Waals surface area contributed by atoms with Gasteiger partial charge in [0.15, 0.2) is 17.5 Å². The van der Waals surface area contributed by atoms with Crippen molar-refractivity contribution in [3.8, 4) is 56.4 Å². The Labute approximate surface area is 342 Å². The van der Waals surface area contributed by atoms with Crippen LogP contribution in [0.15, 0.2) is 188 Å². The third-order valence-corrected chi connectivity index (χ3v) is 12.7. The number of rotatable bonds is 4. The lowest BCUT2D eigenvalue weighted by Crippen LogP contribution is -2.14. The second kappa shape index (κ2) is 12.8. The first kappa shape index (κ1) is 33.6. The van der Waals surface area contributed by atoms with Gasteiger partial charge in [0, 0.05) is 22.1 Å². The molecule has 0 spiro atoms. The van der Waals surface area contributed by atoms with Crippen LogP contribution in [0.2, 0.25) is 0 Å². The molecular weight excluding hydrogens is 715 g/mol. The van der Waals surface area contributed by atoms with E-state index in [-0.39, 0.29) is 5.41 Å². The van der Waals surface area contributed by atoms with Gasteiger partial charge in [0.2, 0.25) is 0 Å². The molecule has 1 aliphatic carbocycles. The Morgan fingerprint density at radius 2 is 0.712 bits per heavy atom. The first-order valence-electron chi connectivity index (χ1n) is 20.3. The molecule has 0 unspecified atom stereocenters. The zero-order chi connectivity index (χ0) is 39.2. The summed E-state index contributed by atoms with van der Waals surface area (Å²) in [6.45, 7) is 4.68. The third-order valence-electron chi connectivity index (χ3n) is 12.7. The molecule has 3 nitrogen and oxygen atoms in total. The van der Waals surface area contributed by atoms with Gasteiger partial charge in [0.05, 0.1) is 0 Å². The van der Waals surface area contributed by atoms with E-state index in [9.17, 15) is 0 Å². The fourth-order valence-corrected chi connectivity index (χ4v) is 9.57. The first-order valence-corrected chi connectivity index (χ1v) is 20.3. The van der Waals surface area contributed by atoms with Crippen molar-refractivity contribution in [1.82, 2.24) is 15.0 Å². The van der Waals surface area contributed by atoms with Gasteiger partial charge in [0.25, 0.3) is 0 Å². The third kappa shape index (κ3) is 5.32. The van der Waals surface area contributed by atoms with E-state index >= 15 is 0 Å². The Morgan fingerprint density at radius 3 is 1.37 bits per heavy atom. The monoisotopic (exact) mass is 751 g/mol. The minimum absolute atomic E-state index is 0.0777. The molecule has 0 N–H and O–H groups in total. The molecular formula is C56H37N3. The summed E-state index contributed by atoms with van der Waals surface area (Å²) in [7, 11) is 0. The van der Waals surface area contributed by atoms with Crippen molar-refractivity contribution in [2.45, 2.75) is 19.3 Å². The molecule has 1 heterocycles. The summed E-state index contributed by atoms with van der Waals surface area (Å²) in [5.41, 5.74) is 10.6. The lowest BCUT2D eigenvalue weighted by molar-refractivity contribution is 0.660. The van der Waals surface area contributed by atoms with Crippen LogP contribution in [0.3, 0.4) is 0 Å². The molecule has 0 saturated heterocycles. The van der Waals surface area contributed by atoms with Gasteiger partial charge in [-0.3, -0.25) is 0 Å². The van der Waals surface area contributed by atoms with Crippen LogP contribution in [-0.4, -0.2) is 15.0 Å². The maximum Gasteiger partial charge on any atom is 0.164 e. The van der Waals surface area contributed by atoms with Gasteiger partial charge in [-0.2, -0.15) is 0 Å². The van der Waals surface area contributed by atoms with E-state index in [1.165, 1.54) is 70.9 Å². The average Bonchev–Trinajstić information content (AvgIpc) is 3.53. The standard InChI is InChI=1S/C56H37N3/c1-56(2)51-17-8-7-15-45(51)46-29-28-40(33-52(46)56)39-25-22-36-12-9-16-47(50(36)30-39)55-58-53(41-26-23-37-20-18-34-10-3-5-13-43(34)48(37)31-41)57-54(59-55)42-27-24-38-21-19-35-11-4-6-14-44(35)49(38)32-42/h3-33H,1-2H3. The molecule has 59 heavy (non-hydrogen) atoms. The summed E-state index contributed by atoms with van der Waals surface area (Å²) in [6.07, 6.45) is 0. The Balaban J connectivity index is 1.06. The molecule has 3 heteroatoms. The topological polar surface area (TPSA) is 38.7 Å². The Morgan fingerprint density at radius 1 is 0.288 bits per heavy atom. The Hall–Kier alpha value is -7.49. The molecule has 1 aliphatic rings. The van der Waals surface area contributed by atoms with E-state index in [1.54, 1.807) is 0 Å². The number of hydrogen-bond acceptors (Lipinski definition) is 3. The number of benzene rings is 10. The molecule has 0 atom stereocenters. The Kier molecular flexibility index (Phi) is 7.27. The maximum absolute atomic E-state index is 5.32. The van der Waals surface area contributed by atoms with E-state index < -0.39 is 0 Å². The van der Waals surface area contributed by atoms with E-state index in [0.717, 1.165) is 33.0 Å². The van der Waals surface area contributed by atoms with Crippen LogP contribution < -0.4 is 0 Å².